The Hall–Kier alpha value is -2.16. The van der Waals surface area contributed by atoms with Crippen molar-refractivity contribution in [1.82, 2.24) is 4.72 Å². The van der Waals surface area contributed by atoms with Crippen molar-refractivity contribution in [3.05, 3.63) is 36.4 Å². The highest BCUT2D eigenvalue weighted by atomic mass is 32.2. The Morgan fingerprint density at radius 2 is 1.84 bits per heavy atom. The van der Waals surface area contributed by atoms with E-state index in [9.17, 15) is 13.2 Å². The summed E-state index contributed by atoms with van der Waals surface area (Å²) in [6.07, 6.45) is 0.467. The van der Waals surface area contributed by atoms with Gasteiger partial charge in [0.15, 0.2) is 0 Å². The number of nitrogen functional groups attached to an aromatic ring is 1. The minimum absolute atomic E-state index is 0.00667. The highest BCUT2D eigenvalue weighted by molar-refractivity contribution is 7.90. The van der Waals surface area contributed by atoms with Gasteiger partial charge in [0.2, 0.25) is 5.91 Å². The van der Waals surface area contributed by atoms with Crippen LogP contribution in [0, 0.1) is 0 Å². The second kappa shape index (κ2) is 8.80. The molecule has 0 aromatic heterocycles. The van der Waals surface area contributed by atoms with Crippen molar-refractivity contribution in [3.8, 4) is 0 Å². The number of nitrogens with two attached hydrogens (primary N) is 1. The second-order valence-corrected chi connectivity index (χ2v) is 7.09. The first-order valence-electron chi connectivity index (χ1n) is 7.85. The minimum Gasteiger partial charge on any atom is -0.398 e. The standard InChI is InChI=1S/C17H22N2O5S/c1-23-11-12-24-10-4-9-16(20)19-25(21,22)15-8-3-6-13-5-2-7-14(18)17(13)15/h2-3,5-8H,4,9-12,18H2,1H3,(H,19,20). The van der Waals surface area contributed by atoms with E-state index in [2.05, 4.69) is 4.72 Å². The van der Waals surface area contributed by atoms with E-state index in [4.69, 9.17) is 15.2 Å². The SMILES string of the molecule is COCCOCCCC(=O)NS(=O)(=O)c1cccc2cccc(N)c12. The number of hydrogen-bond donors (Lipinski definition) is 2. The van der Waals surface area contributed by atoms with E-state index >= 15 is 0 Å². The number of amides is 1. The van der Waals surface area contributed by atoms with Crippen molar-refractivity contribution in [2.24, 2.45) is 0 Å². The Kier molecular flexibility index (Phi) is 6.74. The first-order chi connectivity index (χ1) is 12.0. The predicted molar refractivity (Wildman–Crippen MR) is 95.6 cm³/mol. The van der Waals surface area contributed by atoms with Crippen LogP contribution in [0.15, 0.2) is 41.3 Å². The molecule has 0 aliphatic heterocycles. The summed E-state index contributed by atoms with van der Waals surface area (Å²) in [4.78, 5) is 11.9. The van der Waals surface area contributed by atoms with Gasteiger partial charge in [-0.1, -0.05) is 24.3 Å². The van der Waals surface area contributed by atoms with E-state index in [0.717, 1.165) is 0 Å². The quantitative estimate of drug-likeness (QED) is 0.516. The van der Waals surface area contributed by atoms with Crippen LogP contribution in [0.5, 0.6) is 0 Å². The molecule has 8 heteroatoms. The summed E-state index contributed by atoms with van der Waals surface area (Å²) in [6, 6.07) is 9.96. The van der Waals surface area contributed by atoms with Gasteiger partial charge in [-0.25, -0.2) is 13.1 Å². The summed E-state index contributed by atoms with van der Waals surface area (Å²) in [6.45, 7) is 1.27. The maximum atomic E-state index is 12.5. The number of benzene rings is 2. The van der Waals surface area contributed by atoms with E-state index in [1.807, 2.05) is 0 Å². The number of ether oxygens (including phenoxy) is 2. The highest BCUT2D eigenvalue weighted by Crippen LogP contribution is 2.28. The summed E-state index contributed by atoms with van der Waals surface area (Å²) in [7, 11) is -2.43. The van der Waals surface area contributed by atoms with Gasteiger partial charge >= 0.3 is 0 Å². The van der Waals surface area contributed by atoms with E-state index in [-0.39, 0.29) is 11.3 Å². The molecular weight excluding hydrogens is 344 g/mol. The van der Waals surface area contributed by atoms with Crippen molar-refractivity contribution in [2.75, 3.05) is 32.7 Å². The molecule has 7 nitrogen and oxygen atoms in total. The number of carbonyl (C=O) groups is 1. The third-order valence-corrected chi connectivity index (χ3v) is 4.98. The Morgan fingerprint density at radius 1 is 1.12 bits per heavy atom. The molecule has 2 rings (SSSR count). The van der Waals surface area contributed by atoms with Crippen LogP contribution in [0.4, 0.5) is 5.69 Å². The number of carbonyl (C=O) groups excluding carboxylic acids is 1. The smallest absolute Gasteiger partial charge is 0.264 e. The number of hydrogen-bond acceptors (Lipinski definition) is 6. The number of methoxy groups -OCH3 is 1. The molecule has 0 unspecified atom stereocenters. The van der Waals surface area contributed by atoms with Gasteiger partial charge in [-0.2, -0.15) is 0 Å². The van der Waals surface area contributed by atoms with Crippen LogP contribution in [0.3, 0.4) is 0 Å². The molecule has 3 N–H and O–H groups in total. The molecule has 0 spiro atoms. The molecule has 1 amide bonds. The van der Waals surface area contributed by atoms with E-state index in [1.54, 1.807) is 37.4 Å². The van der Waals surface area contributed by atoms with Crippen LogP contribution < -0.4 is 10.5 Å². The fourth-order valence-electron chi connectivity index (χ4n) is 2.39. The summed E-state index contributed by atoms with van der Waals surface area (Å²) in [5.74, 6) is -0.582. The average molecular weight is 366 g/mol. The zero-order valence-corrected chi connectivity index (χ0v) is 14.8. The van der Waals surface area contributed by atoms with Gasteiger partial charge in [0.25, 0.3) is 10.0 Å². The minimum atomic E-state index is -4.00. The Labute approximate surface area is 147 Å². The van der Waals surface area contributed by atoms with Crippen molar-refractivity contribution in [1.29, 1.82) is 0 Å². The third kappa shape index (κ3) is 5.15. The molecule has 0 aliphatic rings. The molecule has 0 aliphatic carbocycles. The topological polar surface area (TPSA) is 108 Å². The monoisotopic (exact) mass is 366 g/mol. The average Bonchev–Trinajstić information content (AvgIpc) is 2.57. The fraction of sp³-hybridized carbons (Fsp3) is 0.353. The number of nitrogens with one attached hydrogen (secondary N) is 1. The van der Waals surface area contributed by atoms with Gasteiger partial charge < -0.3 is 15.2 Å². The molecule has 0 fully saturated rings. The van der Waals surface area contributed by atoms with Gasteiger partial charge in [-0.15, -0.1) is 0 Å². The predicted octanol–water partition coefficient (Wildman–Crippen LogP) is 1.67. The normalized spacial score (nSPS) is 11.6. The molecule has 0 saturated heterocycles. The second-order valence-electron chi connectivity index (χ2n) is 5.44. The molecule has 136 valence electrons. The van der Waals surface area contributed by atoms with Crippen LogP contribution in [0.25, 0.3) is 10.8 Å². The molecule has 0 radical (unpaired) electrons. The van der Waals surface area contributed by atoms with Gasteiger partial charge in [0, 0.05) is 31.2 Å². The largest absolute Gasteiger partial charge is 0.398 e. The molecule has 2 aromatic carbocycles. The fourth-order valence-corrected chi connectivity index (χ4v) is 3.67. The lowest BCUT2D eigenvalue weighted by Crippen LogP contribution is -2.30. The van der Waals surface area contributed by atoms with Crippen molar-refractivity contribution < 1.29 is 22.7 Å². The summed E-state index contributed by atoms with van der Waals surface area (Å²) in [5, 5.41) is 1.11. The lowest BCUT2D eigenvalue weighted by molar-refractivity contribution is -0.119. The van der Waals surface area contributed by atoms with E-state index in [0.29, 0.717) is 42.7 Å². The molecule has 25 heavy (non-hydrogen) atoms. The Bertz CT molecular complexity index is 831. The van der Waals surface area contributed by atoms with E-state index < -0.39 is 15.9 Å². The molecule has 0 heterocycles. The molecule has 2 aromatic rings. The number of anilines is 1. The van der Waals surface area contributed by atoms with Gasteiger partial charge in [0.05, 0.1) is 18.1 Å². The van der Waals surface area contributed by atoms with Gasteiger partial charge in [-0.05, 0) is 23.9 Å². The first kappa shape index (κ1) is 19.2. The van der Waals surface area contributed by atoms with Gasteiger partial charge in [-0.3, -0.25) is 4.79 Å². The zero-order valence-electron chi connectivity index (χ0n) is 14.0. The van der Waals surface area contributed by atoms with Crippen LogP contribution in [0.2, 0.25) is 0 Å². The van der Waals surface area contributed by atoms with Crippen molar-refractivity contribution in [2.45, 2.75) is 17.7 Å². The molecular formula is C17H22N2O5S. The van der Waals surface area contributed by atoms with Crippen LogP contribution in [-0.4, -0.2) is 41.3 Å². The first-order valence-corrected chi connectivity index (χ1v) is 9.33. The molecule has 0 atom stereocenters. The van der Waals surface area contributed by atoms with Crippen LogP contribution in [0.1, 0.15) is 12.8 Å². The van der Waals surface area contributed by atoms with Gasteiger partial charge in [0.1, 0.15) is 0 Å². The van der Waals surface area contributed by atoms with Crippen molar-refractivity contribution in [3.63, 3.8) is 0 Å². The van der Waals surface area contributed by atoms with Crippen LogP contribution in [-0.2, 0) is 24.3 Å². The lowest BCUT2D eigenvalue weighted by atomic mass is 10.1. The number of sulfonamides is 1. The lowest BCUT2D eigenvalue weighted by Gasteiger charge is -2.11. The maximum absolute atomic E-state index is 12.5. The zero-order chi connectivity index (χ0) is 18.3. The highest BCUT2D eigenvalue weighted by Gasteiger charge is 2.21. The summed E-state index contributed by atoms with van der Waals surface area (Å²) < 4.78 is 37.3. The van der Waals surface area contributed by atoms with E-state index in [1.165, 1.54) is 6.07 Å². The van der Waals surface area contributed by atoms with Crippen molar-refractivity contribution >= 4 is 32.4 Å². The molecule has 0 saturated carbocycles. The third-order valence-electron chi connectivity index (χ3n) is 3.56. The Balaban J connectivity index is 2.04. The number of fused-ring (bicyclic) bond motifs is 1. The summed E-state index contributed by atoms with van der Waals surface area (Å²) >= 11 is 0. The maximum Gasteiger partial charge on any atom is 0.264 e. The summed E-state index contributed by atoms with van der Waals surface area (Å²) in [5.41, 5.74) is 6.26. The molecule has 0 bridgehead atoms. The van der Waals surface area contributed by atoms with Crippen LogP contribution >= 0.6 is 0 Å². The number of rotatable bonds is 9. The Morgan fingerprint density at radius 3 is 2.56 bits per heavy atom.